The van der Waals surface area contributed by atoms with Crippen LogP contribution in [-0.2, 0) is 22.3 Å². The summed E-state index contributed by atoms with van der Waals surface area (Å²) in [5, 5.41) is 0. The number of hydrogen-bond donors (Lipinski definition) is 1. The molecule has 0 aromatic heterocycles. The normalized spacial score (nSPS) is 16.9. The second kappa shape index (κ2) is 7.24. The minimum Gasteiger partial charge on any atom is -0.326 e. The minimum absolute atomic E-state index is 0. The van der Waals surface area contributed by atoms with Gasteiger partial charge in [-0.15, -0.1) is 12.4 Å². The fourth-order valence-electron chi connectivity index (χ4n) is 2.33. The molecule has 19 heavy (non-hydrogen) atoms. The SMILES string of the molecule is Cl.NCc1ccccc1CS(=O)(=O)N1CCCCC1. The summed E-state index contributed by atoms with van der Waals surface area (Å²) in [4.78, 5) is 0. The van der Waals surface area contributed by atoms with Crippen LogP contribution < -0.4 is 5.73 Å². The van der Waals surface area contributed by atoms with E-state index in [9.17, 15) is 8.42 Å². The zero-order valence-corrected chi connectivity index (χ0v) is 12.5. The molecule has 1 heterocycles. The molecule has 1 aliphatic heterocycles. The Labute approximate surface area is 121 Å². The van der Waals surface area contributed by atoms with Gasteiger partial charge < -0.3 is 5.73 Å². The highest BCUT2D eigenvalue weighted by molar-refractivity contribution is 7.88. The zero-order chi connectivity index (χ0) is 13.0. The number of nitrogens with two attached hydrogens (primary N) is 1. The monoisotopic (exact) mass is 304 g/mol. The van der Waals surface area contributed by atoms with Crippen LogP contribution in [0.5, 0.6) is 0 Å². The Hall–Kier alpha value is -0.620. The van der Waals surface area contributed by atoms with Crippen LogP contribution in [0.25, 0.3) is 0 Å². The Kier molecular flexibility index (Phi) is 6.26. The number of hydrogen-bond acceptors (Lipinski definition) is 3. The van der Waals surface area contributed by atoms with Gasteiger partial charge in [-0.05, 0) is 24.0 Å². The van der Waals surface area contributed by atoms with Gasteiger partial charge in [-0.3, -0.25) is 0 Å². The summed E-state index contributed by atoms with van der Waals surface area (Å²) in [6.07, 6.45) is 3.07. The van der Waals surface area contributed by atoms with E-state index < -0.39 is 10.0 Å². The first-order valence-corrected chi connectivity index (χ1v) is 7.99. The van der Waals surface area contributed by atoms with Crippen molar-refractivity contribution in [3.63, 3.8) is 0 Å². The molecule has 1 saturated heterocycles. The van der Waals surface area contributed by atoms with Gasteiger partial charge in [-0.1, -0.05) is 30.7 Å². The second-order valence-electron chi connectivity index (χ2n) is 4.69. The number of rotatable bonds is 4. The largest absolute Gasteiger partial charge is 0.326 e. The fourth-order valence-corrected chi connectivity index (χ4v) is 4.00. The van der Waals surface area contributed by atoms with Crippen molar-refractivity contribution < 1.29 is 8.42 Å². The van der Waals surface area contributed by atoms with E-state index >= 15 is 0 Å². The highest BCUT2D eigenvalue weighted by Crippen LogP contribution is 2.18. The summed E-state index contributed by atoms with van der Waals surface area (Å²) in [6.45, 7) is 1.70. The lowest BCUT2D eigenvalue weighted by Gasteiger charge is -2.26. The van der Waals surface area contributed by atoms with Crippen LogP contribution in [0.15, 0.2) is 24.3 Å². The summed E-state index contributed by atoms with van der Waals surface area (Å²) in [6, 6.07) is 7.49. The molecule has 0 bridgehead atoms. The summed E-state index contributed by atoms with van der Waals surface area (Å²) < 4.78 is 26.2. The van der Waals surface area contributed by atoms with E-state index in [2.05, 4.69) is 0 Å². The molecule has 0 spiro atoms. The van der Waals surface area contributed by atoms with E-state index in [4.69, 9.17) is 5.73 Å². The number of benzene rings is 1. The van der Waals surface area contributed by atoms with Crippen LogP contribution in [-0.4, -0.2) is 25.8 Å². The lowest BCUT2D eigenvalue weighted by atomic mass is 10.1. The first kappa shape index (κ1) is 16.4. The predicted octanol–water partition coefficient (Wildman–Crippen LogP) is 1.88. The van der Waals surface area contributed by atoms with Crippen LogP contribution in [0.4, 0.5) is 0 Å². The standard InChI is InChI=1S/C13H20N2O2S.ClH/c14-10-12-6-2-3-7-13(12)11-18(16,17)15-8-4-1-5-9-15;/h2-3,6-7H,1,4-5,8-11,14H2;1H. The molecule has 0 radical (unpaired) electrons. The van der Waals surface area contributed by atoms with Gasteiger partial charge in [0.05, 0.1) is 5.75 Å². The maximum absolute atomic E-state index is 12.3. The third-order valence-corrected chi connectivity index (χ3v) is 5.21. The van der Waals surface area contributed by atoms with Gasteiger partial charge in [0.1, 0.15) is 0 Å². The molecule has 0 saturated carbocycles. The van der Waals surface area contributed by atoms with Crippen molar-refractivity contribution in [3.05, 3.63) is 35.4 Å². The van der Waals surface area contributed by atoms with Gasteiger partial charge in [-0.25, -0.2) is 12.7 Å². The highest BCUT2D eigenvalue weighted by atomic mass is 35.5. The lowest BCUT2D eigenvalue weighted by Crippen LogP contribution is -2.36. The fraction of sp³-hybridized carbons (Fsp3) is 0.538. The van der Waals surface area contributed by atoms with Gasteiger partial charge in [-0.2, -0.15) is 0 Å². The number of halogens is 1. The molecule has 1 aromatic rings. The Morgan fingerprint density at radius 1 is 1.05 bits per heavy atom. The van der Waals surface area contributed by atoms with Crippen molar-refractivity contribution in [1.82, 2.24) is 4.31 Å². The summed E-state index contributed by atoms with van der Waals surface area (Å²) >= 11 is 0. The quantitative estimate of drug-likeness (QED) is 0.924. The summed E-state index contributed by atoms with van der Waals surface area (Å²) in [7, 11) is -3.19. The maximum atomic E-state index is 12.3. The van der Waals surface area contributed by atoms with Crippen molar-refractivity contribution in [2.45, 2.75) is 31.6 Å². The van der Waals surface area contributed by atoms with E-state index in [1.54, 1.807) is 4.31 Å². The van der Waals surface area contributed by atoms with E-state index in [0.29, 0.717) is 19.6 Å². The molecule has 6 heteroatoms. The van der Waals surface area contributed by atoms with Gasteiger partial charge in [0.15, 0.2) is 0 Å². The molecular formula is C13H21ClN2O2S. The predicted molar refractivity (Wildman–Crippen MR) is 79.6 cm³/mol. The molecule has 0 unspecified atom stereocenters. The Balaban J connectivity index is 0.00000180. The molecule has 1 fully saturated rings. The third-order valence-electron chi connectivity index (χ3n) is 3.38. The van der Waals surface area contributed by atoms with E-state index in [0.717, 1.165) is 30.4 Å². The van der Waals surface area contributed by atoms with Crippen molar-refractivity contribution in [3.8, 4) is 0 Å². The molecular weight excluding hydrogens is 284 g/mol. The average molecular weight is 305 g/mol. The Morgan fingerprint density at radius 3 is 2.21 bits per heavy atom. The van der Waals surface area contributed by atoms with Gasteiger partial charge in [0.2, 0.25) is 10.0 Å². The molecule has 4 nitrogen and oxygen atoms in total. The van der Waals surface area contributed by atoms with Gasteiger partial charge >= 0.3 is 0 Å². The molecule has 2 rings (SSSR count). The number of nitrogens with zero attached hydrogens (tertiary/aromatic N) is 1. The van der Waals surface area contributed by atoms with Gasteiger partial charge in [0.25, 0.3) is 0 Å². The third kappa shape index (κ3) is 4.18. The summed E-state index contributed by atoms with van der Waals surface area (Å²) in [5.74, 6) is 0.0698. The van der Waals surface area contributed by atoms with Crippen LogP contribution >= 0.6 is 12.4 Å². The minimum atomic E-state index is -3.19. The van der Waals surface area contributed by atoms with E-state index in [1.807, 2.05) is 24.3 Å². The lowest BCUT2D eigenvalue weighted by molar-refractivity contribution is 0.346. The topological polar surface area (TPSA) is 63.4 Å². The van der Waals surface area contributed by atoms with Gasteiger partial charge in [0, 0.05) is 19.6 Å². The van der Waals surface area contributed by atoms with Crippen molar-refractivity contribution in [2.24, 2.45) is 5.73 Å². The van der Waals surface area contributed by atoms with E-state index in [-0.39, 0.29) is 18.2 Å². The first-order valence-electron chi connectivity index (χ1n) is 6.38. The molecule has 1 aromatic carbocycles. The molecule has 0 atom stereocenters. The smallest absolute Gasteiger partial charge is 0.218 e. The number of piperidine rings is 1. The van der Waals surface area contributed by atoms with Crippen LogP contribution in [0, 0.1) is 0 Å². The maximum Gasteiger partial charge on any atom is 0.218 e. The first-order chi connectivity index (χ1) is 8.63. The van der Waals surface area contributed by atoms with Crippen LogP contribution in [0.3, 0.4) is 0 Å². The Bertz CT molecular complexity index is 499. The molecule has 1 aliphatic rings. The van der Waals surface area contributed by atoms with Crippen molar-refractivity contribution in [1.29, 1.82) is 0 Å². The van der Waals surface area contributed by atoms with Crippen molar-refractivity contribution in [2.75, 3.05) is 13.1 Å². The zero-order valence-electron chi connectivity index (χ0n) is 10.9. The highest BCUT2D eigenvalue weighted by Gasteiger charge is 2.24. The van der Waals surface area contributed by atoms with E-state index in [1.165, 1.54) is 0 Å². The van der Waals surface area contributed by atoms with Crippen LogP contribution in [0.1, 0.15) is 30.4 Å². The Morgan fingerprint density at radius 2 is 1.63 bits per heavy atom. The molecule has 0 amide bonds. The van der Waals surface area contributed by atoms with Crippen molar-refractivity contribution >= 4 is 22.4 Å². The van der Waals surface area contributed by atoms with Crippen LogP contribution in [0.2, 0.25) is 0 Å². The average Bonchev–Trinajstić information content (AvgIpc) is 2.40. The number of sulfonamides is 1. The molecule has 0 aliphatic carbocycles. The summed E-state index contributed by atoms with van der Waals surface area (Å²) in [5.41, 5.74) is 7.38. The second-order valence-corrected chi connectivity index (χ2v) is 6.66. The molecule has 108 valence electrons. The molecule has 2 N–H and O–H groups in total.